The number of carboxylic acids is 2. The topological polar surface area (TPSA) is 443 Å². The Bertz CT molecular complexity index is 2740. The third-order valence-electron chi connectivity index (χ3n) is 12.9. The molecule has 452 valence electrons. The van der Waals surface area contributed by atoms with Crippen molar-refractivity contribution in [3.8, 4) is 0 Å². The van der Waals surface area contributed by atoms with E-state index in [0.717, 1.165) is 11.1 Å². The van der Waals surface area contributed by atoms with Crippen molar-refractivity contribution >= 4 is 106 Å². The van der Waals surface area contributed by atoms with Crippen molar-refractivity contribution in [2.24, 2.45) is 38.8 Å². The fourth-order valence-electron chi connectivity index (χ4n) is 8.73. The molecule has 0 bridgehead atoms. The van der Waals surface area contributed by atoms with Gasteiger partial charge in [0.1, 0.15) is 36.3 Å². The van der Waals surface area contributed by atoms with Crippen LogP contribution in [0, 0.1) is 12.8 Å². The van der Waals surface area contributed by atoms with E-state index in [4.69, 9.17) is 22.9 Å². The van der Waals surface area contributed by atoms with E-state index in [2.05, 4.69) is 64.8 Å². The molecule has 27 nitrogen and oxygen atoms in total. The van der Waals surface area contributed by atoms with Crippen LogP contribution in [0.1, 0.15) is 75.0 Å². The van der Waals surface area contributed by atoms with Crippen molar-refractivity contribution in [3.05, 3.63) is 71.4 Å². The third-order valence-corrected chi connectivity index (χ3v) is 14.3. The number of aromatic nitrogens is 1. The number of benzene rings is 2. The van der Waals surface area contributed by atoms with Gasteiger partial charge in [-0.05, 0) is 75.5 Å². The van der Waals surface area contributed by atoms with E-state index in [0.29, 0.717) is 42.1 Å². The number of carbonyl (C=O) groups is 10. The van der Waals surface area contributed by atoms with Gasteiger partial charge in [-0.1, -0.05) is 48.0 Å². The first kappa shape index (κ1) is 68.9. The molecule has 1 aliphatic heterocycles. The molecule has 0 aliphatic carbocycles. The predicted molar refractivity (Wildman–Crippen MR) is 307 cm³/mol. The van der Waals surface area contributed by atoms with Gasteiger partial charge in [-0.3, -0.25) is 53.1 Å². The Balaban J connectivity index is 0.0000176. The Labute approximate surface area is 499 Å². The number of hydrogen-bond donors (Lipinski definition) is 15. The number of fused-ring (bicyclic) bond motifs is 1. The molecule has 1 aromatic heterocycles. The maximum absolute atomic E-state index is 14.5. The molecule has 1 saturated heterocycles. The number of nitrogens with one attached hydrogen (secondary N) is 8. The second-order valence-corrected chi connectivity index (χ2v) is 20.7. The number of hydrogen-bond acceptors (Lipinski definition) is 14. The second kappa shape index (κ2) is 35.5. The Morgan fingerprint density at radius 1 is 0.744 bits per heavy atom. The summed E-state index contributed by atoms with van der Waals surface area (Å²) in [7, 11) is 0. The minimum atomic E-state index is -1.82. The number of carbonyl (C=O) groups excluding carboxylic acids is 8. The molecule has 1 fully saturated rings. The first-order valence-electron chi connectivity index (χ1n) is 26.2. The molecule has 2 aromatic carbocycles. The molecule has 0 radical (unpaired) electrons. The van der Waals surface area contributed by atoms with Crippen molar-refractivity contribution in [2.45, 2.75) is 114 Å². The number of nitrogens with zero attached hydrogens (tertiary/aromatic N) is 3. The molecular weight excluding hydrogens is 1200 g/mol. The molecule has 1 unspecified atom stereocenters. The first-order chi connectivity index (χ1) is 38.6. The number of para-hydroxylation sites is 1. The number of likely N-dealkylation sites (tertiary alicyclic amines) is 1. The number of carboxylic acid groups (broad SMARTS) is 2. The van der Waals surface area contributed by atoms with E-state index >= 15 is 0 Å². The monoisotopic (exact) mass is 1270 g/mol. The number of aliphatic imine (C=N–C) groups is 2. The van der Waals surface area contributed by atoms with Crippen molar-refractivity contribution in [1.82, 2.24) is 47.1 Å². The number of aliphatic carboxylic acids is 2. The van der Waals surface area contributed by atoms with Crippen molar-refractivity contribution in [3.63, 3.8) is 0 Å². The fraction of sp³-hybridized carbons (Fsp3) is 0.500. The summed E-state index contributed by atoms with van der Waals surface area (Å²) in [6, 6.07) is 6.42. The maximum Gasteiger partial charge on any atom is 1.00 e. The van der Waals surface area contributed by atoms with Crippen molar-refractivity contribution in [1.29, 1.82) is 0 Å². The number of thiol groups is 1. The summed E-state index contributed by atoms with van der Waals surface area (Å²) in [5.41, 5.74) is 25.2. The number of aromatic amines is 1. The van der Waals surface area contributed by atoms with Crippen molar-refractivity contribution in [2.75, 3.05) is 43.6 Å². The molecule has 2 heterocycles. The van der Waals surface area contributed by atoms with Gasteiger partial charge < -0.3 is 80.2 Å². The van der Waals surface area contributed by atoms with Gasteiger partial charge in [0.05, 0.1) is 24.8 Å². The fourth-order valence-corrected chi connectivity index (χ4v) is 9.96. The standard InChI is InChI=1S/C52H75N15O12S2.Ag/c1-29-14-16-31(17-15-29)21-33(27-81-28-61-30(2)68)44(72)63-37(11-5-6-18-57-51(53)54)46(74)64-36(12-7-19-58-52(55)56)45(73)60-25-42(69)62-38(23-43(70)71)47(75)65-39(22-32-24-59-35-10-4-3-9-34(32)35)49(77)67-20-8-13-41(67)48(76)66-40(26-80)50(78)79;/h3-4,9-10,14-17,24,33,36-41,59,80H,5-8,11-13,18-23,25-28H2,1-2H3,(H,60,73)(H,61,68)(H,62,69)(H,63,72)(H,64,74)(H,65,75)(H,66,76)(H,70,71)(H,78,79)(H4,53,54,57)(H4,55,56,58);/q;+1/t33?,36-,37-,38-,39-,40-,41-;/m0./s1. The van der Waals surface area contributed by atoms with Gasteiger partial charge in [-0.15, -0.1) is 11.8 Å². The van der Waals surface area contributed by atoms with Crippen LogP contribution in [0.2, 0.25) is 0 Å². The molecule has 0 saturated carbocycles. The molecular formula is C52H75AgN15O12S2+. The van der Waals surface area contributed by atoms with Crippen LogP contribution in [0.15, 0.2) is 64.7 Å². The van der Waals surface area contributed by atoms with Crippen LogP contribution in [0.25, 0.3) is 10.9 Å². The number of amides is 8. The van der Waals surface area contributed by atoms with Crippen LogP contribution >= 0.6 is 24.4 Å². The van der Waals surface area contributed by atoms with Crippen LogP contribution in [0.3, 0.4) is 0 Å². The van der Waals surface area contributed by atoms with Gasteiger partial charge in [0, 0.05) is 61.6 Å². The average molecular weight is 1270 g/mol. The van der Waals surface area contributed by atoms with Gasteiger partial charge in [0.2, 0.25) is 47.3 Å². The number of guanidine groups is 2. The van der Waals surface area contributed by atoms with Gasteiger partial charge in [0.15, 0.2) is 11.9 Å². The van der Waals surface area contributed by atoms with Crippen LogP contribution < -0.4 is 60.2 Å². The zero-order valence-electron chi connectivity index (χ0n) is 45.5. The minimum absolute atomic E-state index is 0. The summed E-state index contributed by atoms with van der Waals surface area (Å²) in [4.78, 5) is 146. The van der Waals surface area contributed by atoms with E-state index < -0.39 is 108 Å². The van der Waals surface area contributed by atoms with Crippen molar-refractivity contribution < 1.29 is 80.5 Å². The summed E-state index contributed by atoms with van der Waals surface area (Å²) in [5.74, 6) is -9.60. The summed E-state index contributed by atoms with van der Waals surface area (Å²) in [6.45, 7) is 2.79. The normalized spacial score (nSPS) is 14.9. The second-order valence-electron chi connectivity index (χ2n) is 19.3. The maximum atomic E-state index is 14.5. The predicted octanol–water partition coefficient (Wildman–Crippen LogP) is -1.78. The molecule has 3 aromatic rings. The van der Waals surface area contributed by atoms with Gasteiger partial charge in [-0.25, -0.2) is 4.79 Å². The third kappa shape index (κ3) is 23.6. The molecule has 82 heavy (non-hydrogen) atoms. The molecule has 4 rings (SSSR count). The number of nitrogens with two attached hydrogens (primary N) is 4. The van der Waals surface area contributed by atoms with Crippen LogP contribution in [0.5, 0.6) is 0 Å². The molecule has 1 aliphatic rings. The Hall–Kier alpha value is -7.34. The number of H-pyrrole nitrogens is 1. The average Bonchev–Trinajstić information content (AvgIpc) is 4.08. The molecule has 7 atom stereocenters. The molecule has 8 amide bonds. The molecule has 0 spiro atoms. The van der Waals surface area contributed by atoms with Crippen LogP contribution in [0.4, 0.5) is 0 Å². The quantitative estimate of drug-likeness (QED) is 0.00785. The summed E-state index contributed by atoms with van der Waals surface area (Å²) in [6.07, 6.45) is 2.22. The van der Waals surface area contributed by atoms with E-state index in [1.54, 1.807) is 30.5 Å². The van der Waals surface area contributed by atoms with E-state index in [-0.39, 0.29) is 109 Å². The summed E-state index contributed by atoms with van der Waals surface area (Å²) < 4.78 is 0. The number of aryl methyl sites for hydroxylation is 1. The zero-order chi connectivity index (χ0) is 59.6. The number of unbranched alkanes of at least 4 members (excludes halogenated alkanes) is 1. The van der Waals surface area contributed by atoms with Gasteiger partial charge in [-0.2, -0.15) is 12.6 Å². The summed E-state index contributed by atoms with van der Waals surface area (Å²) in [5, 5.41) is 38.1. The van der Waals surface area contributed by atoms with E-state index in [9.17, 15) is 58.2 Å². The Morgan fingerprint density at radius 2 is 1.37 bits per heavy atom. The molecule has 18 N–H and O–H groups in total. The first-order valence-corrected chi connectivity index (χ1v) is 28.0. The smallest absolute Gasteiger partial charge is 0.481 e. The van der Waals surface area contributed by atoms with Gasteiger partial charge >= 0.3 is 34.3 Å². The number of thioether (sulfide) groups is 1. The van der Waals surface area contributed by atoms with Crippen LogP contribution in [-0.2, 0) is 83.2 Å². The SMILES string of the molecule is CC(=O)NCSCC(Cc1ccc(C)cc1)C(=O)N[C@@H](CCCCN=C(N)N)C(=O)N[C@@H](CCCN=C(N)N)C(=O)NCC(=O)N[C@@H](CC(=O)O)C(=O)N[C@@H](Cc1c[nH]c2ccccc12)C(=O)N1CCC[C@H]1C(=O)N[C@@H](CS)C(=O)O.[Ag+]. The minimum Gasteiger partial charge on any atom is -0.481 e. The van der Waals surface area contributed by atoms with E-state index in [1.807, 2.05) is 31.2 Å². The summed E-state index contributed by atoms with van der Waals surface area (Å²) >= 11 is 5.33. The largest absolute Gasteiger partial charge is 1.00 e. The van der Waals surface area contributed by atoms with E-state index in [1.165, 1.54) is 23.6 Å². The zero-order valence-corrected chi connectivity index (χ0v) is 48.7. The Kier molecular flexibility index (Phi) is 29.8. The van der Waals surface area contributed by atoms with Gasteiger partial charge in [0.25, 0.3) is 0 Å². The van der Waals surface area contributed by atoms with Crippen LogP contribution in [-0.4, -0.2) is 171 Å². The molecule has 30 heteroatoms. The number of rotatable bonds is 34. The Morgan fingerprint density at radius 3 is 2.01 bits per heavy atom.